The van der Waals surface area contributed by atoms with Crippen LogP contribution in [0.2, 0.25) is 0 Å². The van der Waals surface area contributed by atoms with Gasteiger partial charge in [0.2, 0.25) is 0 Å². The fourth-order valence-electron chi connectivity index (χ4n) is 2.00. The number of hydrogen-bond acceptors (Lipinski definition) is 1. The molecule has 0 aromatic heterocycles. The zero-order valence-corrected chi connectivity index (χ0v) is 12.2. The van der Waals surface area contributed by atoms with E-state index in [2.05, 4.69) is 17.9 Å². The zero-order chi connectivity index (χ0) is 14.6. The minimum Gasteiger partial charge on any atom is -0.381 e. The van der Waals surface area contributed by atoms with Crippen molar-refractivity contribution in [2.45, 2.75) is 26.4 Å². The molecule has 2 rings (SSSR count). The van der Waals surface area contributed by atoms with Crippen LogP contribution in [0.4, 0.5) is 0 Å². The van der Waals surface area contributed by atoms with Crippen LogP contribution in [-0.4, -0.2) is 5.11 Å². The van der Waals surface area contributed by atoms with E-state index in [1.807, 2.05) is 56.3 Å². The molecule has 1 atom stereocenters. The van der Waals surface area contributed by atoms with Crippen LogP contribution in [0, 0.1) is 0 Å². The van der Waals surface area contributed by atoms with Gasteiger partial charge in [0, 0.05) is 0 Å². The molecular formula is C19H20O. The molecule has 2 aromatic carbocycles. The van der Waals surface area contributed by atoms with Crippen LogP contribution < -0.4 is 0 Å². The van der Waals surface area contributed by atoms with Crippen LogP contribution in [0.5, 0.6) is 0 Å². The number of hydrogen-bond donors (Lipinski definition) is 1. The molecule has 0 bridgehead atoms. The SMILES string of the molecule is CC(C)=C=CC(C)(O)c1ccc(-c2ccccc2)cc1. The predicted molar refractivity (Wildman–Crippen MR) is 84.4 cm³/mol. The minimum absolute atomic E-state index is 0.867. The number of rotatable bonds is 3. The third kappa shape index (κ3) is 3.48. The Hall–Kier alpha value is -2.08. The van der Waals surface area contributed by atoms with Gasteiger partial charge in [0.15, 0.2) is 0 Å². The molecule has 0 amide bonds. The molecule has 102 valence electrons. The Morgan fingerprint density at radius 2 is 1.50 bits per heavy atom. The molecule has 1 N–H and O–H groups in total. The normalized spacial score (nSPS) is 13.2. The molecule has 0 saturated carbocycles. The van der Waals surface area contributed by atoms with Gasteiger partial charge in [-0.05, 0) is 49.1 Å². The average Bonchev–Trinajstić information content (AvgIpc) is 2.46. The first-order chi connectivity index (χ1) is 9.49. The minimum atomic E-state index is -0.994. The van der Waals surface area contributed by atoms with Gasteiger partial charge in [-0.15, -0.1) is 5.73 Å². The fourth-order valence-corrected chi connectivity index (χ4v) is 2.00. The van der Waals surface area contributed by atoms with E-state index in [0.717, 1.165) is 16.7 Å². The summed E-state index contributed by atoms with van der Waals surface area (Å²) < 4.78 is 0. The van der Waals surface area contributed by atoms with E-state index in [0.29, 0.717) is 0 Å². The third-order valence-electron chi connectivity index (χ3n) is 3.22. The fraction of sp³-hybridized carbons (Fsp3) is 0.211. The van der Waals surface area contributed by atoms with Gasteiger partial charge in [-0.3, -0.25) is 0 Å². The van der Waals surface area contributed by atoms with Gasteiger partial charge in [-0.1, -0.05) is 54.6 Å². The first-order valence-corrected chi connectivity index (χ1v) is 6.78. The highest BCUT2D eigenvalue weighted by Crippen LogP contribution is 2.25. The largest absolute Gasteiger partial charge is 0.381 e. The summed E-state index contributed by atoms with van der Waals surface area (Å²) >= 11 is 0. The molecule has 2 aromatic rings. The third-order valence-corrected chi connectivity index (χ3v) is 3.22. The van der Waals surface area contributed by atoms with Crippen molar-refractivity contribution in [1.82, 2.24) is 0 Å². The summed E-state index contributed by atoms with van der Waals surface area (Å²) in [4.78, 5) is 0. The summed E-state index contributed by atoms with van der Waals surface area (Å²) in [5.41, 5.74) is 6.32. The predicted octanol–water partition coefficient (Wildman–Crippen LogP) is 4.68. The van der Waals surface area contributed by atoms with Crippen molar-refractivity contribution in [1.29, 1.82) is 0 Å². The summed E-state index contributed by atoms with van der Waals surface area (Å²) in [5, 5.41) is 10.5. The second-order valence-corrected chi connectivity index (χ2v) is 5.38. The highest BCUT2D eigenvalue weighted by molar-refractivity contribution is 5.63. The Bertz CT molecular complexity index is 623. The van der Waals surface area contributed by atoms with Crippen molar-refractivity contribution >= 4 is 0 Å². The molecule has 0 aliphatic carbocycles. The topological polar surface area (TPSA) is 20.2 Å². The van der Waals surface area contributed by atoms with Crippen LogP contribution in [-0.2, 0) is 5.60 Å². The lowest BCUT2D eigenvalue weighted by Crippen LogP contribution is -2.17. The first-order valence-electron chi connectivity index (χ1n) is 6.78. The van der Waals surface area contributed by atoms with Gasteiger partial charge in [0.05, 0.1) is 0 Å². The second kappa shape index (κ2) is 5.92. The van der Waals surface area contributed by atoms with Gasteiger partial charge in [-0.25, -0.2) is 0 Å². The molecule has 0 aliphatic rings. The number of aliphatic hydroxyl groups is 1. The number of benzene rings is 2. The average molecular weight is 264 g/mol. The Kier molecular flexibility index (Phi) is 4.24. The maximum atomic E-state index is 10.5. The summed E-state index contributed by atoms with van der Waals surface area (Å²) in [6.07, 6.45) is 1.71. The summed E-state index contributed by atoms with van der Waals surface area (Å²) in [5.74, 6) is 0. The summed E-state index contributed by atoms with van der Waals surface area (Å²) in [6.45, 7) is 5.70. The molecule has 0 fully saturated rings. The molecule has 1 unspecified atom stereocenters. The highest BCUT2D eigenvalue weighted by Gasteiger charge is 2.19. The van der Waals surface area contributed by atoms with E-state index < -0.39 is 5.60 Å². The van der Waals surface area contributed by atoms with E-state index >= 15 is 0 Å². The molecule has 0 radical (unpaired) electrons. The van der Waals surface area contributed by atoms with Crippen molar-refractivity contribution in [2.24, 2.45) is 0 Å². The van der Waals surface area contributed by atoms with Gasteiger partial charge >= 0.3 is 0 Å². The molecule has 1 heteroatoms. The van der Waals surface area contributed by atoms with Crippen molar-refractivity contribution < 1.29 is 5.11 Å². The Morgan fingerprint density at radius 3 is 2.05 bits per heavy atom. The summed E-state index contributed by atoms with van der Waals surface area (Å²) in [7, 11) is 0. The van der Waals surface area contributed by atoms with Gasteiger partial charge in [-0.2, -0.15) is 0 Å². The van der Waals surface area contributed by atoms with Crippen LogP contribution in [0.25, 0.3) is 11.1 Å². The zero-order valence-electron chi connectivity index (χ0n) is 12.2. The van der Waals surface area contributed by atoms with E-state index in [4.69, 9.17) is 0 Å². The molecule has 0 spiro atoms. The second-order valence-electron chi connectivity index (χ2n) is 5.38. The van der Waals surface area contributed by atoms with E-state index in [1.54, 1.807) is 13.0 Å². The first kappa shape index (κ1) is 14.3. The molecule has 0 heterocycles. The van der Waals surface area contributed by atoms with Crippen molar-refractivity contribution in [3.05, 3.63) is 77.5 Å². The lowest BCUT2D eigenvalue weighted by atomic mass is 9.93. The van der Waals surface area contributed by atoms with Crippen LogP contribution >= 0.6 is 0 Å². The van der Waals surface area contributed by atoms with Gasteiger partial charge in [0.25, 0.3) is 0 Å². The quantitative estimate of drug-likeness (QED) is 0.798. The maximum Gasteiger partial charge on any atom is 0.112 e. The molecule has 1 nitrogen and oxygen atoms in total. The van der Waals surface area contributed by atoms with E-state index in [9.17, 15) is 5.11 Å². The van der Waals surface area contributed by atoms with Crippen LogP contribution in [0.3, 0.4) is 0 Å². The monoisotopic (exact) mass is 264 g/mol. The molecule has 20 heavy (non-hydrogen) atoms. The Morgan fingerprint density at radius 1 is 0.950 bits per heavy atom. The standard InChI is InChI=1S/C19H20O/c1-15(2)13-14-19(3,20)18-11-9-17(10-12-18)16-7-5-4-6-8-16/h4-12,14,20H,1-3H3. The van der Waals surface area contributed by atoms with E-state index in [-0.39, 0.29) is 0 Å². The van der Waals surface area contributed by atoms with Gasteiger partial charge < -0.3 is 5.11 Å². The molecular weight excluding hydrogens is 244 g/mol. The Labute approximate surface area is 120 Å². The van der Waals surface area contributed by atoms with Crippen LogP contribution in [0.15, 0.2) is 72.0 Å². The van der Waals surface area contributed by atoms with Crippen LogP contribution in [0.1, 0.15) is 26.3 Å². The van der Waals surface area contributed by atoms with Gasteiger partial charge in [0.1, 0.15) is 5.60 Å². The van der Waals surface area contributed by atoms with Crippen molar-refractivity contribution in [3.8, 4) is 11.1 Å². The lowest BCUT2D eigenvalue weighted by molar-refractivity contribution is 0.111. The summed E-state index contributed by atoms with van der Waals surface area (Å²) in [6, 6.07) is 18.2. The highest BCUT2D eigenvalue weighted by atomic mass is 16.3. The van der Waals surface area contributed by atoms with E-state index in [1.165, 1.54) is 5.56 Å². The van der Waals surface area contributed by atoms with Crippen molar-refractivity contribution in [2.75, 3.05) is 0 Å². The smallest absolute Gasteiger partial charge is 0.112 e. The Balaban J connectivity index is 2.31. The molecule has 0 aliphatic heterocycles. The van der Waals surface area contributed by atoms with Crippen molar-refractivity contribution in [3.63, 3.8) is 0 Å². The molecule has 0 saturated heterocycles. The maximum absolute atomic E-state index is 10.5. The lowest BCUT2D eigenvalue weighted by Gasteiger charge is -2.19.